The molecule has 1 heteroatoms. The predicted octanol–water partition coefficient (Wildman–Crippen LogP) is 5.84. The van der Waals surface area contributed by atoms with E-state index in [1.54, 1.807) is 16.8 Å². The smallest absolute Gasteiger partial charge is 0.0770 e. The van der Waals surface area contributed by atoms with Crippen LogP contribution in [0.25, 0.3) is 11.6 Å². The van der Waals surface area contributed by atoms with Gasteiger partial charge in [0.1, 0.15) is 0 Å². The van der Waals surface area contributed by atoms with Gasteiger partial charge in [0.05, 0.1) is 6.04 Å². The molecule has 0 bridgehead atoms. The quantitative estimate of drug-likeness (QED) is 0.669. The van der Waals surface area contributed by atoms with Gasteiger partial charge in [0.15, 0.2) is 0 Å². The van der Waals surface area contributed by atoms with Crippen molar-refractivity contribution in [3.63, 3.8) is 0 Å². The van der Waals surface area contributed by atoms with Gasteiger partial charge in [-0.1, -0.05) is 68.5 Å². The van der Waals surface area contributed by atoms with Crippen LogP contribution in [0.15, 0.2) is 59.8 Å². The Hall–Kier alpha value is -2.28. The molecule has 0 saturated carbocycles. The van der Waals surface area contributed by atoms with Gasteiger partial charge in [0.25, 0.3) is 0 Å². The van der Waals surface area contributed by atoms with Gasteiger partial charge in [0.2, 0.25) is 0 Å². The number of benzene rings is 2. The molecule has 2 aromatic carbocycles. The van der Waals surface area contributed by atoms with Crippen LogP contribution in [-0.4, -0.2) is 11.4 Å². The van der Waals surface area contributed by atoms with E-state index >= 15 is 0 Å². The lowest BCUT2D eigenvalue weighted by atomic mass is 9.67. The molecule has 0 amide bonds. The molecule has 0 spiro atoms. The summed E-state index contributed by atoms with van der Waals surface area (Å²) in [7, 11) is 0. The Bertz CT molecular complexity index is 933. The van der Waals surface area contributed by atoms with Gasteiger partial charge in [-0.15, -0.1) is 0 Å². The third-order valence-corrected chi connectivity index (χ3v) is 6.72. The van der Waals surface area contributed by atoms with Crippen LogP contribution in [0, 0.1) is 5.41 Å². The Labute approximate surface area is 150 Å². The van der Waals surface area contributed by atoms with E-state index in [0.29, 0.717) is 6.04 Å². The lowest BCUT2D eigenvalue weighted by Crippen LogP contribution is -2.39. The lowest BCUT2D eigenvalue weighted by molar-refractivity contribution is 0.249. The molecule has 0 radical (unpaired) electrons. The Morgan fingerprint density at radius 1 is 1.04 bits per heavy atom. The molecule has 0 aromatic heterocycles. The summed E-state index contributed by atoms with van der Waals surface area (Å²) in [6.45, 7) is 8.19. The van der Waals surface area contributed by atoms with E-state index in [9.17, 15) is 0 Å². The molecule has 1 nitrogen and oxygen atoms in total. The summed E-state index contributed by atoms with van der Waals surface area (Å²) in [6.07, 6.45) is 4.71. The number of hydrogen-bond acceptors (Lipinski definition) is 1. The van der Waals surface area contributed by atoms with Crippen molar-refractivity contribution in [2.45, 2.75) is 39.7 Å². The van der Waals surface area contributed by atoms with Crippen LogP contribution in [-0.2, 0) is 6.42 Å². The van der Waals surface area contributed by atoms with E-state index in [0.717, 1.165) is 19.4 Å². The molecular weight excluding hydrogens is 302 g/mol. The second-order valence-corrected chi connectivity index (χ2v) is 7.76. The summed E-state index contributed by atoms with van der Waals surface area (Å²) < 4.78 is 0. The largest absolute Gasteiger partial charge is 0.364 e. The molecule has 0 fully saturated rings. The molecule has 2 atom stereocenters. The zero-order valence-corrected chi connectivity index (χ0v) is 15.3. The summed E-state index contributed by atoms with van der Waals surface area (Å²) in [5.74, 6) is 0. The van der Waals surface area contributed by atoms with Crippen LogP contribution in [0.4, 0.5) is 0 Å². The molecule has 25 heavy (non-hydrogen) atoms. The highest BCUT2D eigenvalue weighted by molar-refractivity contribution is 5.86. The topological polar surface area (TPSA) is 3.24 Å². The lowest BCUT2D eigenvalue weighted by Gasteiger charge is -2.48. The van der Waals surface area contributed by atoms with Crippen molar-refractivity contribution >= 4 is 11.6 Å². The van der Waals surface area contributed by atoms with Crippen molar-refractivity contribution in [3.05, 3.63) is 82.1 Å². The fraction of sp³-hybridized carbons (Fsp3) is 0.333. The van der Waals surface area contributed by atoms with Crippen molar-refractivity contribution in [1.29, 1.82) is 0 Å². The van der Waals surface area contributed by atoms with Crippen LogP contribution >= 0.6 is 0 Å². The molecular formula is C24H25N. The van der Waals surface area contributed by atoms with Crippen LogP contribution in [0.3, 0.4) is 0 Å². The molecule has 3 aliphatic rings. The Kier molecular flexibility index (Phi) is 3.07. The number of hydrogen-bond donors (Lipinski definition) is 0. The predicted molar refractivity (Wildman–Crippen MR) is 105 cm³/mol. The van der Waals surface area contributed by atoms with Gasteiger partial charge in [-0.25, -0.2) is 0 Å². The first-order valence-electron chi connectivity index (χ1n) is 9.58. The molecule has 1 aliphatic heterocycles. The summed E-state index contributed by atoms with van der Waals surface area (Å²) in [5, 5.41) is 0. The third-order valence-electron chi connectivity index (χ3n) is 6.72. The van der Waals surface area contributed by atoms with Gasteiger partial charge < -0.3 is 4.90 Å². The van der Waals surface area contributed by atoms with Gasteiger partial charge in [-0.3, -0.25) is 0 Å². The normalized spacial score (nSPS) is 26.1. The molecule has 5 rings (SSSR count). The van der Waals surface area contributed by atoms with Crippen molar-refractivity contribution in [1.82, 2.24) is 4.90 Å². The van der Waals surface area contributed by atoms with Crippen molar-refractivity contribution in [2.75, 3.05) is 6.54 Å². The highest BCUT2D eigenvalue weighted by Gasteiger charge is 2.50. The van der Waals surface area contributed by atoms with Gasteiger partial charge in [0, 0.05) is 24.1 Å². The molecule has 0 N–H and O–H groups in total. The average molecular weight is 327 g/mol. The van der Waals surface area contributed by atoms with Crippen molar-refractivity contribution in [3.8, 4) is 0 Å². The summed E-state index contributed by atoms with van der Waals surface area (Å²) in [4.78, 5) is 2.67. The minimum absolute atomic E-state index is 0.122. The van der Waals surface area contributed by atoms with E-state index in [-0.39, 0.29) is 5.41 Å². The maximum Gasteiger partial charge on any atom is 0.0770 e. The monoisotopic (exact) mass is 327 g/mol. The van der Waals surface area contributed by atoms with Gasteiger partial charge >= 0.3 is 0 Å². The fourth-order valence-electron chi connectivity index (χ4n) is 5.36. The Balaban J connectivity index is 1.79. The average Bonchev–Trinajstić information content (AvgIpc) is 3.22. The van der Waals surface area contributed by atoms with Crippen molar-refractivity contribution < 1.29 is 0 Å². The first-order valence-corrected chi connectivity index (χ1v) is 9.58. The molecule has 0 saturated heterocycles. The minimum Gasteiger partial charge on any atom is -0.364 e. The second-order valence-electron chi connectivity index (χ2n) is 7.76. The minimum atomic E-state index is 0.122. The van der Waals surface area contributed by atoms with Gasteiger partial charge in [-0.2, -0.15) is 0 Å². The number of likely N-dealkylation sites (N-methyl/N-ethyl adjacent to an activating group) is 1. The number of allylic oxidation sites excluding steroid dienone is 2. The zero-order valence-electron chi connectivity index (χ0n) is 15.3. The third kappa shape index (κ3) is 1.79. The van der Waals surface area contributed by atoms with Crippen LogP contribution in [0.5, 0.6) is 0 Å². The molecule has 2 aromatic rings. The van der Waals surface area contributed by atoms with E-state index < -0.39 is 0 Å². The number of nitrogens with zero attached hydrogens (tertiary/aromatic N) is 1. The maximum atomic E-state index is 2.67. The van der Waals surface area contributed by atoms with Crippen LogP contribution < -0.4 is 0 Å². The first kappa shape index (κ1) is 15.0. The molecule has 2 aliphatic carbocycles. The van der Waals surface area contributed by atoms with Crippen molar-refractivity contribution in [2.24, 2.45) is 5.41 Å². The second kappa shape index (κ2) is 5.11. The Morgan fingerprint density at radius 2 is 1.80 bits per heavy atom. The molecule has 2 unspecified atom stereocenters. The van der Waals surface area contributed by atoms with E-state index in [4.69, 9.17) is 0 Å². The summed E-state index contributed by atoms with van der Waals surface area (Å²) in [6, 6.07) is 18.4. The maximum absolute atomic E-state index is 2.67. The van der Waals surface area contributed by atoms with E-state index in [1.165, 1.54) is 22.3 Å². The number of fused-ring (bicyclic) bond motifs is 5. The standard InChI is InChI=1S/C24H25N/c1-4-24(3)20-14-16-10-7-9-13-19(16)23(20)25(5-2)21-15-17-11-6-8-12-18(17)22(21)24/h6-14,23H,4-5,15H2,1-3H3. The zero-order chi connectivity index (χ0) is 17.2. The SMILES string of the molecule is CCN1C2=C(c3ccccc3C2)C(C)(CC)C2=Cc3ccccc3C21. The molecule has 1 heterocycles. The number of rotatable bonds is 2. The Morgan fingerprint density at radius 3 is 2.60 bits per heavy atom. The van der Waals surface area contributed by atoms with Crippen LogP contribution in [0.1, 0.15) is 55.5 Å². The van der Waals surface area contributed by atoms with E-state index in [2.05, 4.69) is 80.3 Å². The fourth-order valence-corrected chi connectivity index (χ4v) is 5.36. The molecule has 126 valence electrons. The van der Waals surface area contributed by atoms with E-state index in [1.807, 2.05) is 0 Å². The van der Waals surface area contributed by atoms with Crippen LogP contribution in [0.2, 0.25) is 0 Å². The first-order chi connectivity index (χ1) is 12.2. The van der Waals surface area contributed by atoms with Gasteiger partial charge in [-0.05, 0) is 46.7 Å². The summed E-state index contributed by atoms with van der Waals surface area (Å²) >= 11 is 0. The highest BCUT2D eigenvalue weighted by Crippen LogP contribution is 2.61. The highest BCUT2D eigenvalue weighted by atomic mass is 15.2. The summed E-state index contributed by atoms with van der Waals surface area (Å²) in [5.41, 5.74) is 10.7.